The van der Waals surface area contributed by atoms with Crippen LogP contribution in [0.4, 0.5) is 0 Å². The van der Waals surface area contributed by atoms with E-state index < -0.39 is 22.2 Å². The Hall–Kier alpha value is -0.660. The normalized spacial score (nSPS) is 23.5. The molecule has 1 fully saturated rings. The second kappa shape index (κ2) is 4.46. The number of hydrogen-bond donors (Lipinski definition) is 1. The molecule has 0 aromatic heterocycles. The van der Waals surface area contributed by atoms with Crippen LogP contribution in [0.1, 0.15) is 19.3 Å². The maximum absolute atomic E-state index is 11.8. The molecule has 1 aliphatic heterocycles. The lowest BCUT2D eigenvalue weighted by atomic mass is 10.2. The summed E-state index contributed by atoms with van der Waals surface area (Å²) in [4.78, 5) is 10.6. The Morgan fingerprint density at radius 1 is 1.53 bits per heavy atom. The number of nitrogens with zero attached hydrogens (tertiary/aromatic N) is 2. The molecule has 0 aromatic carbocycles. The van der Waals surface area contributed by atoms with E-state index in [1.807, 2.05) is 0 Å². The van der Waals surface area contributed by atoms with Crippen LogP contribution in [0, 0.1) is 0 Å². The van der Waals surface area contributed by atoms with Gasteiger partial charge in [0.05, 0.1) is 6.42 Å². The number of carbonyl (C=O) groups is 1. The first kappa shape index (κ1) is 12.4. The lowest BCUT2D eigenvalue weighted by Gasteiger charge is -2.25. The van der Waals surface area contributed by atoms with Gasteiger partial charge >= 0.3 is 5.97 Å². The van der Waals surface area contributed by atoms with Gasteiger partial charge in [-0.3, -0.25) is 4.79 Å². The molecule has 6 nitrogen and oxygen atoms in total. The fourth-order valence-electron chi connectivity index (χ4n) is 1.73. The number of rotatable bonds is 4. The second-order valence-corrected chi connectivity index (χ2v) is 5.89. The molecule has 0 aliphatic carbocycles. The molecule has 1 N–H and O–H groups in total. The minimum atomic E-state index is -3.47. The molecule has 0 amide bonds. The van der Waals surface area contributed by atoms with Crippen LogP contribution in [0.15, 0.2) is 0 Å². The van der Waals surface area contributed by atoms with Crippen LogP contribution in [0.2, 0.25) is 0 Å². The molecule has 7 heteroatoms. The van der Waals surface area contributed by atoms with Crippen molar-refractivity contribution in [2.45, 2.75) is 25.3 Å². The molecule has 1 heterocycles. The van der Waals surface area contributed by atoms with E-state index in [2.05, 4.69) is 0 Å². The maximum Gasteiger partial charge on any atom is 0.304 e. The smallest absolute Gasteiger partial charge is 0.304 e. The number of carboxylic acids is 1. The lowest BCUT2D eigenvalue weighted by Crippen LogP contribution is -2.43. The molecule has 1 rings (SSSR count). The summed E-state index contributed by atoms with van der Waals surface area (Å²) in [6.45, 7) is 0.415. The van der Waals surface area contributed by atoms with Gasteiger partial charge in [-0.15, -0.1) is 0 Å². The summed E-state index contributed by atoms with van der Waals surface area (Å²) in [5.74, 6) is -0.958. The fourth-order valence-corrected chi connectivity index (χ4v) is 3.06. The summed E-state index contributed by atoms with van der Waals surface area (Å²) >= 11 is 0. The highest BCUT2D eigenvalue weighted by Gasteiger charge is 2.36. The van der Waals surface area contributed by atoms with Crippen molar-refractivity contribution in [3.63, 3.8) is 0 Å². The molecule has 0 aromatic rings. The van der Waals surface area contributed by atoms with E-state index in [1.165, 1.54) is 18.4 Å². The molecule has 88 valence electrons. The highest BCUT2D eigenvalue weighted by atomic mass is 32.2. The Balaban J connectivity index is 2.81. The van der Waals surface area contributed by atoms with E-state index in [4.69, 9.17) is 5.11 Å². The predicted molar refractivity (Wildman–Crippen MR) is 54.6 cm³/mol. The number of carboxylic acid groups (broad SMARTS) is 1. The van der Waals surface area contributed by atoms with Gasteiger partial charge in [-0.2, -0.15) is 17.0 Å². The summed E-state index contributed by atoms with van der Waals surface area (Å²) in [6.07, 6.45) is 1.23. The van der Waals surface area contributed by atoms with Crippen molar-refractivity contribution < 1.29 is 18.3 Å². The predicted octanol–water partition coefficient (Wildman–Crippen LogP) is -0.268. The third-order valence-electron chi connectivity index (χ3n) is 2.49. The first-order valence-electron chi connectivity index (χ1n) is 4.77. The highest BCUT2D eigenvalue weighted by molar-refractivity contribution is 7.86. The summed E-state index contributed by atoms with van der Waals surface area (Å²) < 4.78 is 26.0. The van der Waals surface area contributed by atoms with Crippen LogP contribution in [0.3, 0.4) is 0 Å². The van der Waals surface area contributed by atoms with Crippen molar-refractivity contribution in [2.24, 2.45) is 0 Å². The summed E-state index contributed by atoms with van der Waals surface area (Å²) in [6, 6.07) is -0.394. The minimum absolute atomic E-state index is 0.118. The second-order valence-electron chi connectivity index (χ2n) is 3.79. The van der Waals surface area contributed by atoms with Gasteiger partial charge in [0.1, 0.15) is 0 Å². The van der Waals surface area contributed by atoms with Gasteiger partial charge in [-0.05, 0) is 12.8 Å². The van der Waals surface area contributed by atoms with E-state index in [9.17, 15) is 13.2 Å². The van der Waals surface area contributed by atoms with Crippen LogP contribution >= 0.6 is 0 Å². The van der Waals surface area contributed by atoms with Gasteiger partial charge in [-0.25, -0.2) is 0 Å². The van der Waals surface area contributed by atoms with Crippen LogP contribution in [-0.4, -0.2) is 54.8 Å². The fraction of sp³-hybridized carbons (Fsp3) is 0.875. The largest absolute Gasteiger partial charge is 0.481 e. The Bertz CT molecular complexity index is 339. The van der Waals surface area contributed by atoms with Crippen LogP contribution in [0.5, 0.6) is 0 Å². The lowest BCUT2D eigenvalue weighted by molar-refractivity contribution is -0.137. The molecule has 15 heavy (non-hydrogen) atoms. The third-order valence-corrected chi connectivity index (χ3v) is 4.49. The monoisotopic (exact) mass is 236 g/mol. The molecule has 0 saturated carbocycles. The van der Waals surface area contributed by atoms with Gasteiger partial charge in [0.15, 0.2) is 0 Å². The van der Waals surface area contributed by atoms with Gasteiger partial charge in [0.25, 0.3) is 10.2 Å². The maximum atomic E-state index is 11.8. The van der Waals surface area contributed by atoms with E-state index in [1.54, 1.807) is 0 Å². The highest BCUT2D eigenvalue weighted by Crippen LogP contribution is 2.24. The van der Waals surface area contributed by atoms with E-state index >= 15 is 0 Å². The molecule has 0 spiro atoms. The Morgan fingerprint density at radius 2 is 2.13 bits per heavy atom. The van der Waals surface area contributed by atoms with Gasteiger partial charge < -0.3 is 5.11 Å². The van der Waals surface area contributed by atoms with Crippen molar-refractivity contribution in [3.8, 4) is 0 Å². The van der Waals surface area contributed by atoms with Gasteiger partial charge in [-0.1, -0.05) is 0 Å². The zero-order valence-corrected chi connectivity index (χ0v) is 9.70. The molecule has 1 saturated heterocycles. The van der Waals surface area contributed by atoms with E-state index in [0.717, 1.165) is 10.7 Å². The summed E-state index contributed by atoms with van der Waals surface area (Å²) in [5, 5.41) is 8.66. The first-order valence-corrected chi connectivity index (χ1v) is 6.16. The molecule has 1 atom stereocenters. The van der Waals surface area contributed by atoms with Crippen LogP contribution in [-0.2, 0) is 15.0 Å². The molecular formula is C8H16N2O4S. The van der Waals surface area contributed by atoms with Crippen molar-refractivity contribution >= 4 is 16.2 Å². The van der Waals surface area contributed by atoms with Gasteiger partial charge in [0, 0.05) is 26.7 Å². The zero-order chi connectivity index (χ0) is 11.6. The Labute approximate surface area is 89.7 Å². The molecule has 1 aliphatic rings. The molecule has 0 bridgehead atoms. The van der Waals surface area contributed by atoms with Crippen LogP contribution in [0.25, 0.3) is 0 Å². The van der Waals surface area contributed by atoms with Crippen molar-refractivity contribution in [1.29, 1.82) is 0 Å². The first-order chi connectivity index (χ1) is 6.85. The van der Waals surface area contributed by atoms with Crippen molar-refractivity contribution in [3.05, 3.63) is 0 Å². The standard InChI is InChI=1S/C8H16N2O4S/c1-9(2)15(13,14)10-5-3-4-7(10)6-8(11)12/h7H,3-6H2,1-2H3,(H,11,12). The Kier molecular flexibility index (Phi) is 3.69. The topological polar surface area (TPSA) is 77.9 Å². The molecule has 1 unspecified atom stereocenters. The Morgan fingerprint density at radius 3 is 2.60 bits per heavy atom. The molecule has 0 radical (unpaired) electrons. The third kappa shape index (κ3) is 2.67. The summed E-state index contributed by atoms with van der Waals surface area (Å²) in [5.41, 5.74) is 0. The average Bonchev–Trinajstić information content (AvgIpc) is 2.51. The number of aliphatic carboxylic acids is 1. The summed E-state index contributed by atoms with van der Waals surface area (Å²) in [7, 11) is -0.568. The van der Waals surface area contributed by atoms with Crippen molar-refractivity contribution in [2.75, 3.05) is 20.6 Å². The number of hydrogen-bond acceptors (Lipinski definition) is 3. The minimum Gasteiger partial charge on any atom is -0.481 e. The van der Waals surface area contributed by atoms with Gasteiger partial charge in [0.2, 0.25) is 0 Å². The average molecular weight is 236 g/mol. The zero-order valence-electron chi connectivity index (χ0n) is 8.88. The molecular weight excluding hydrogens is 220 g/mol. The van der Waals surface area contributed by atoms with Crippen molar-refractivity contribution in [1.82, 2.24) is 8.61 Å². The van der Waals surface area contributed by atoms with Crippen LogP contribution < -0.4 is 0 Å². The quantitative estimate of drug-likeness (QED) is 0.729. The van der Waals surface area contributed by atoms with E-state index in [-0.39, 0.29) is 6.42 Å². The van der Waals surface area contributed by atoms with E-state index in [0.29, 0.717) is 13.0 Å². The SMILES string of the molecule is CN(C)S(=O)(=O)N1CCCC1CC(=O)O.